The Hall–Kier alpha value is -1.07. The van der Waals surface area contributed by atoms with Crippen molar-refractivity contribution in [1.29, 1.82) is 0 Å². The lowest BCUT2D eigenvalue weighted by molar-refractivity contribution is -0.112. The van der Waals surface area contributed by atoms with Crippen molar-refractivity contribution in [2.75, 3.05) is 6.54 Å². The molecule has 0 aliphatic carbocycles. The van der Waals surface area contributed by atoms with Crippen LogP contribution in [0.5, 0.6) is 0 Å². The zero-order valence-electron chi connectivity index (χ0n) is 6.93. The van der Waals surface area contributed by atoms with Crippen molar-refractivity contribution in [2.45, 2.75) is 12.6 Å². The predicted octanol–water partition coefficient (Wildman–Crippen LogP) is -0.602. The van der Waals surface area contributed by atoms with Crippen molar-refractivity contribution in [3.8, 4) is 0 Å². The van der Waals surface area contributed by atoms with Crippen molar-refractivity contribution >= 4 is 24.0 Å². The van der Waals surface area contributed by atoms with Gasteiger partial charge in [0.05, 0.1) is 0 Å². The molecule has 2 aliphatic rings. The van der Waals surface area contributed by atoms with Crippen LogP contribution >= 0.6 is 12.4 Å². The molecule has 2 rings (SSSR count). The molecule has 2 heterocycles. The van der Waals surface area contributed by atoms with E-state index in [4.69, 9.17) is 5.73 Å². The Morgan fingerprint density at radius 3 is 3.23 bits per heavy atom. The van der Waals surface area contributed by atoms with Crippen LogP contribution in [0.4, 0.5) is 0 Å². The molecule has 0 spiro atoms. The number of carbonyl (C=O) groups excluding carboxylic acids is 1. The van der Waals surface area contributed by atoms with E-state index in [0.717, 1.165) is 13.0 Å². The molecule has 13 heavy (non-hydrogen) atoms. The zero-order chi connectivity index (χ0) is 8.55. The molecule has 5 nitrogen and oxygen atoms in total. The molecule has 1 unspecified atom stereocenters. The molecule has 0 radical (unpaired) electrons. The minimum Gasteiger partial charge on any atom is -0.364 e. The van der Waals surface area contributed by atoms with Crippen LogP contribution in [-0.2, 0) is 4.79 Å². The van der Waals surface area contributed by atoms with Gasteiger partial charge in [0.25, 0.3) is 5.91 Å². The van der Waals surface area contributed by atoms with Crippen LogP contribution in [0, 0.1) is 0 Å². The highest BCUT2D eigenvalue weighted by molar-refractivity contribution is 6.43. The van der Waals surface area contributed by atoms with Gasteiger partial charge in [-0.2, -0.15) is 0 Å². The van der Waals surface area contributed by atoms with Gasteiger partial charge in [0.2, 0.25) is 0 Å². The van der Waals surface area contributed by atoms with Gasteiger partial charge in [0.15, 0.2) is 0 Å². The summed E-state index contributed by atoms with van der Waals surface area (Å²) in [6, 6.07) is 0. The smallest absolute Gasteiger partial charge is 0.266 e. The SMILES string of the molecule is Cl.NC(=O)C1=NC2CCNN2C=C1. The average Bonchev–Trinajstić information content (AvgIpc) is 2.49. The number of fused-ring (bicyclic) bond motifs is 1. The summed E-state index contributed by atoms with van der Waals surface area (Å²) in [4.78, 5) is 14.9. The van der Waals surface area contributed by atoms with E-state index in [1.807, 2.05) is 5.01 Å². The Labute approximate surface area is 82.1 Å². The van der Waals surface area contributed by atoms with E-state index in [9.17, 15) is 4.79 Å². The summed E-state index contributed by atoms with van der Waals surface area (Å²) < 4.78 is 0. The van der Waals surface area contributed by atoms with Crippen LogP contribution in [-0.4, -0.2) is 29.3 Å². The number of rotatable bonds is 1. The highest BCUT2D eigenvalue weighted by Crippen LogP contribution is 2.14. The normalized spacial score (nSPS) is 24.8. The average molecular weight is 203 g/mol. The van der Waals surface area contributed by atoms with Gasteiger partial charge in [-0.15, -0.1) is 12.4 Å². The quantitative estimate of drug-likeness (QED) is 0.597. The van der Waals surface area contributed by atoms with Crippen LogP contribution < -0.4 is 11.2 Å². The summed E-state index contributed by atoms with van der Waals surface area (Å²) in [5.41, 5.74) is 8.56. The van der Waals surface area contributed by atoms with Crippen molar-refractivity contribution < 1.29 is 4.79 Å². The molecule has 0 bridgehead atoms. The molecule has 1 atom stereocenters. The fraction of sp³-hybridized carbons (Fsp3) is 0.429. The van der Waals surface area contributed by atoms with Crippen LogP contribution in [0.2, 0.25) is 0 Å². The second kappa shape index (κ2) is 3.76. The molecule has 0 aromatic heterocycles. The minimum absolute atomic E-state index is 0. The molecule has 3 N–H and O–H groups in total. The van der Waals surface area contributed by atoms with Gasteiger partial charge in [-0.05, 0) is 6.08 Å². The number of hydrogen-bond acceptors (Lipinski definition) is 4. The van der Waals surface area contributed by atoms with Crippen LogP contribution in [0.15, 0.2) is 17.3 Å². The fourth-order valence-corrected chi connectivity index (χ4v) is 1.35. The maximum absolute atomic E-state index is 10.7. The summed E-state index contributed by atoms with van der Waals surface area (Å²) in [6.07, 6.45) is 4.39. The molecule has 1 fully saturated rings. The molecule has 1 saturated heterocycles. The first kappa shape index (κ1) is 10.0. The number of hydrogen-bond donors (Lipinski definition) is 2. The topological polar surface area (TPSA) is 70.7 Å². The molecule has 0 aromatic rings. The van der Waals surface area contributed by atoms with Crippen molar-refractivity contribution in [3.63, 3.8) is 0 Å². The highest BCUT2D eigenvalue weighted by Gasteiger charge is 2.24. The number of nitrogens with zero attached hydrogens (tertiary/aromatic N) is 2. The fourth-order valence-electron chi connectivity index (χ4n) is 1.35. The van der Waals surface area contributed by atoms with E-state index in [0.29, 0.717) is 5.71 Å². The summed E-state index contributed by atoms with van der Waals surface area (Å²) in [5, 5.41) is 1.88. The largest absolute Gasteiger partial charge is 0.364 e. The lowest BCUT2D eigenvalue weighted by Gasteiger charge is -2.22. The number of primary amides is 1. The van der Waals surface area contributed by atoms with E-state index in [1.54, 1.807) is 12.3 Å². The van der Waals surface area contributed by atoms with Gasteiger partial charge in [-0.3, -0.25) is 14.8 Å². The number of hydrazine groups is 1. The highest BCUT2D eigenvalue weighted by atomic mass is 35.5. The van der Waals surface area contributed by atoms with Crippen molar-refractivity contribution in [1.82, 2.24) is 10.4 Å². The molecule has 72 valence electrons. The number of aliphatic imine (C=N–C) groups is 1. The van der Waals surface area contributed by atoms with Gasteiger partial charge < -0.3 is 5.73 Å². The maximum atomic E-state index is 10.7. The number of nitrogens with one attached hydrogen (secondary N) is 1. The standard InChI is InChI=1S/C7H10N4O.ClH/c8-7(12)5-2-4-11-6(10-5)1-3-9-11;/h2,4,6,9H,1,3H2,(H2,8,12);1H. The third-order valence-corrected chi connectivity index (χ3v) is 1.95. The number of nitrogens with two attached hydrogens (primary N) is 1. The van der Waals surface area contributed by atoms with Gasteiger partial charge in [-0.1, -0.05) is 0 Å². The van der Waals surface area contributed by atoms with Crippen LogP contribution in [0.1, 0.15) is 6.42 Å². The monoisotopic (exact) mass is 202 g/mol. The summed E-state index contributed by atoms with van der Waals surface area (Å²) in [5.74, 6) is -0.460. The van der Waals surface area contributed by atoms with Crippen molar-refractivity contribution in [2.24, 2.45) is 10.7 Å². The maximum Gasteiger partial charge on any atom is 0.266 e. The molecule has 0 aromatic carbocycles. The van der Waals surface area contributed by atoms with Gasteiger partial charge in [-0.25, -0.2) is 5.43 Å². The third kappa shape index (κ3) is 1.81. The number of halogens is 1. The summed E-state index contributed by atoms with van der Waals surface area (Å²) >= 11 is 0. The van der Waals surface area contributed by atoms with Gasteiger partial charge in [0, 0.05) is 19.2 Å². The second-order valence-electron chi connectivity index (χ2n) is 2.78. The molecule has 1 amide bonds. The molecular weight excluding hydrogens is 192 g/mol. The lowest BCUT2D eigenvalue weighted by Crippen LogP contribution is -2.36. The van der Waals surface area contributed by atoms with Gasteiger partial charge in [0.1, 0.15) is 11.9 Å². The first-order valence-corrected chi connectivity index (χ1v) is 3.85. The lowest BCUT2D eigenvalue weighted by atomic mass is 10.2. The summed E-state index contributed by atoms with van der Waals surface area (Å²) in [7, 11) is 0. The molecule has 2 aliphatic heterocycles. The number of carbonyl (C=O) groups is 1. The van der Waals surface area contributed by atoms with E-state index in [-0.39, 0.29) is 18.6 Å². The molecule has 0 saturated carbocycles. The van der Waals surface area contributed by atoms with Gasteiger partial charge >= 0.3 is 0 Å². The van der Waals surface area contributed by atoms with Crippen LogP contribution in [0.3, 0.4) is 0 Å². The second-order valence-corrected chi connectivity index (χ2v) is 2.78. The van der Waals surface area contributed by atoms with E-state index >= 15 is 0 Å². The van der Waals surface area contributed by atoms with E-state index in [2.05, 4.69) is 10.4 Å². The summed E-state index contributed by atoms with van der Waals surface area (Å²) in [6.45, 7) is 0.893. The van der Waals surface area contributed by atoms with Crippen molar-refractivity contribution in [3.05, 3.63) is 12.3 Å². The molecule has 6 heteroatoms. The van der Waals surface area contributed by atoms with E-state index < -0.39 is 5.91 Å². The number of amides is 1. The van der Waals surface area contributed by atoms with E-state index in [1.165, 1.54) is 0 Å². The van der Waals surface area contributed by atoms with Crippen LogP contribution in [0.25, 0.3) is 0 Å². The Morgan fingerprint density at radius 1 is 1.77 bits per heavy atom. The Balaban J connectivity index is 0.000000845. The first-order valence-electron chi connectivity index (χ1n) is 3.85. The zero-order valence-corrected chi connectivity index (χ0v) is 7.75. The predicted molar refractivity (Wildman–Crippen MR) is 51.3 cm³/mol. The minimum atomic E-state index is -0.460. The third-order valence-electron chi connectivity index (χ3n) is 1.95. The first-order chi connectivity index (χ1) is 5.77. The Bertz CT molecular complexity index is 276. The Morgan fingerprint density at radius 2 is 2.54 bits per heavy atom. The molecular formula is C7H11ClN4O. The Kier molecular flexibility index (Phi) is 2.90.